The first-order valence-electron chi connectivity index (χ1n) is 12.4. The molecule has 0 radical (unpaired) electrons. The monoisotopic (exact) mass is 549 g/mol. The predicted molar refractivity (Wildman–Crippen MR) is 145 cm³/mol. The summed E-state index contributed by atoms with van der Waals surface area (Å²) in [6, 6.07) is 4.83. The summed E-state index contributed by atoms with van der Waals surface area (Å²) in [5.74, 6) is 0.208. The fourth-order valence-electron chi connectivity index (χ4n) is 3.90. The molecule has 4 N–H and O–H groups in total. The van der Waals surface area contributed by atoms with Crippen molar-refractivity contribution < 1.29 is 22.3 Å². The van der Waals surface area contributed by atoms with Gasteiger partial charge in [0.2, 0.25) is 16.0 Å². The number of amides is 1. The van der Waals surface area contributed by atoms with Crippen LogP contribution in [0.25, 0.3) is 0 Å². The van der Waals surface area contributed by atoms with Crippen molar-refractivity contribution in [1.29, 1.82) is 0 Å². The third-order valence-corrected chi connectivity index (χ3v) is 7.26. The van der Waals surface area contributed by atoms with Gasteiger partial charge in [0.15, 0.2) is 5.82 Å². The first kappa shape index (κ1) is 29.1. The molecule has 11 nitrogen and oxygen atoms in total. The van der Waals surface area contributed by atoms with Crippen molar-refractivity contribution in [3.63, 3.8) is 0 Å². The van der Waals surface area contributed by atoms with Gasteiger partial charge in [-0.2, -0.15) is 0 Å². The molecule has 0 bridgehead atoms. The van der Waals surface area contributed by atoms with Gasteiger partial charge in [0.05, 0.1) is 30.3 Å². The van der Waals surface area contributed by atoms with Crippen molar-refractivity contribution in [2.45, 2.75) is 59.2 Å². The lowest BCUT2D eigenvalue weighted by molar-refractivity contribution is 0.168. The number of benzene rings is 1. The summed E-state index contributed by atoms with van der Waals surface area (Å²) in [6.07, 6.45) is 1.45. The van der Waals surface area contributed by atoms with E-state index in [4.69, 9.17) is 4.99 Å². The lowest BCUT2D eigenvalue weighted by Crippen LogP contribution is -2.37. The number of methoxy groups -OCH3 is 1. The SMILES string of the molecule is CCCS(=O)(=O)Nc1cccc(C2N=C(C(C)(C)C)NC2c2ccnc(NC[C@H](C)NC(=O)OC)n2)c1F. The number of aliphatic imine (C=N–C) groups is 1. The van der Waals surface area contributed by atoms with Crippen LogP contribution < -0.4 is 20.7 Å². The molecule has 38 heavy (non-hydrogen) atoms. The van der Waals surface area contributed by atoms with Gasteiger partial charge >= 0.3 is 6.09 Å². The highest BCUT2D eigenvalue weighted by atomic mass is 32.2. The molecule has 2 aromatic rings. The van der Waals surface area contributed by atoms with E-state index >= 15 is 4.39 Å². The second-order valence-corrected chi connectivity index (χ2v) is 12.0. The second kappa shape index (κ2) is 11.9. The first-order chi connectivity index (χ1) is 17.8. The molecule has 0 saturated carbocycles. The molecule has 208 valence electrons. The minimum atomic E-state index is -3.68. The zero-order valence-electron chi connectivity index (χ0n) is 22.5. The average molecular weight is 550 g/mol. The molecule has 0 saturated heterocycles. The smallest absolute Gasteiger partial charge is 0.407 e. The van der Waals surface area contributed by atoms with Crippen molar-refractivity contribution >= 4 is 33.6 Å². The summed E-state index contributed by atoms with van der Waals surface area (Å²) < 4.78 is 47.3. The number of sulfonamides is 1. The van der Waals surface area contributed by atoms with Gasteiger partial charge in [-0.25, -0.2) is 27.6 Å². The van der Waals surface area contributed by atoms with E-state index in [1.165, 1.54) is 13.2 Å². The van der Waals surface area contributed by atoms with Crippen LogP contribution in [0.15, 0.2) is 35.5 Å². The van der Waals surface area contributed by atoms with Crippen LogP contribution in [-0.2, 0) is 14.8 Å². The van der Waals surface area contributed by atoms with E-state index < -0.39 is 34.0 Å². The summed E-state index contributed by atoms with van der Waals surface area (Å²) >= 11 is 0. The fourth-order valence-corrected chi connectivity index (χ4v) is 5.04. The Morgan fingerprint density at radius 3 is 2.66 bits per heavy atom. The van der Waals surface area contributed by atoms with Gasteiger partial charge in [0, 0.05) is 29.8 Å². The largest absolute Gasteiger partial charge is 0.453 e. The van der Waals surface area contributed by atoms with Crippen molar-refractivity contribution in [1.82, 2.24) is 20.6 Å². The van der Waals surface area contributed by atoms with Gasteiger partial charge in [-0.15, -0.1) is 0 Å². The molecule has 1 aliphatic heterocycles. The van der Waals surface area contributed by atoms with Crippen molar-refractivity contribution in [2.75, 3.05) is 29.4 Å². The molecular formula is C25H36FN7O4S. The number of carbonyl (C=O) groups excluding carboxylic acids is 1. The number of ether oxygens (including phenoxy) is 1. The minimum Gasteiger partial charge on any atom is -0.453 e. The van der Waals surface area contributed by atoms with Crippen LogP contribution in [0.1, 0.15) is 64.4 Å². The lowest BCUT2D eigenvalue weighted by Gasteiger charge is -2.23. The van der Waals surface area contributed by atoms with Crippen LogP contribution in [0.4, 0.5) is 20.8 Å². The van der Waals surface area contributed by atoms with Crippen LogP contribution in [0.5, 0.6) is 0 Å². The quantitative estimate of drug-likeness (QED) is 0.350. The Kier molecular flexibility index (Phi) is 9.13. The number of nitrogens with zero attached hydrogens (tertiary/aromatic N) is 3. The number of aromatic nitrogens is 2. The van der Waals surface area contributed by atoms with E-state index in [0.717, 1.165) is 0 Å². The molecule has 1 aliphatic rings. The Balaban J connectivity index is 1.92. The van der Waals surface area contributed by atoms with Crippen LogP contribution in [0.3, 0.4) is 0 Å². The van der Waals surface area contributed by atoms with Gasteiger partial charge in [0.25, 0.3) is 0 Å². The number of carbonyl (C=O) groups is 1. The maximum Gasteiger partial charge on any atom is 0.407 e. The molecule has 1 aromatic carbocycles. The standard InChI is InChI=1S/C25H36FN7O4S/c1-7-13-38(35,36)33-17-10-8-9-16(19(17)26)20-21(32-22(31-20)25(3,4)5)18-11-12-27-23(30-18)28-14-15(2)29-24(34)37-6/h8-12,15,20-21,33H,7,13-14H2,1-6H3,(H,29,34)(H,31,32)(H,27,28,30)/t15-,20?,21?/m0/s1. The van der Waals surface area contributed by atoms with Gasteiger partial charge in [0.1, 0.15) is 11.9 Å². The molecule has 3 rings (SSSR count). The molecule has 13 heteroatoms. The summed E-state index contributed by atoms with van der Waals surface area (Å²) in [5.41, 5.74) is 0.335. The van der Waals surface area contributed by atoms with Crippen molar-refractivity contribution in [3.8, 4) is 0 Å². The number of nitrogens with one attached hydrogen (secondary N) is 4. The second-order valence-electron chi connectivity index (χ2n) is 10.1. The van der Waals surface area contributed by atoms with Gasteiger partial charge < -0.3 is 20.7 Å². The minimum absolute atomic E-state index is 0.110. The number of halogens is 1. The third-order valence-electron chi connectivity index (χ3n) is 5.78. The fraction of sp³-hybridized carbons (Fsp3) is 0.520. The molecule has 1 amide bonds. The Morgan fingerprint density at radius 1 is 1.26 bits per heavy atom. The number of rotatable bonds is 10. The molecule has 0 aliphatic carbocycles. The number of hydrogen-bond acceptors (Lipinski definition) is 9. The zero-order valence-corrected chi connectivity index (χ0v) is 23.3. The average Bonchev–Trinajstić information content (AvgIpc) is 3.30. The Hall–Kier alpha value is -3.48. The van der Waals surface area contributed by atoms with Crippen molar-refractivity contribution in [3.05, 3.63) is 47.5 Å². The maximum absolute atomic E-state index is 15.7. The highest BCUT2D eigenvalue weighted by Gasteiger charge is 2.38. The molecular weight excluding hydrogens is 513 g/mol. The molecule has 2 unspecified atom stereocenters. The molecule has 0 fully saturated rings. The van der Waals surface area contributed by atoms with Crippen LogP contribution in [0, 0.1) is 11.2 Å². The van der Waals surface area contributed by atoms with E-state index in [1.807, 2.05) is 20.8 Å². The summed E-state index contributed by atoms with van der Waals surface area (Å²) in [7, 11) is -2.39. The summed E-state index contributed by atoms with van der Waals surface area (Å²) in [6.45, 7) is 9.87. The maximum atomic E-state index is 15.7. The summed E-state index contributed by atoms with van der Waals surface area (Å²) in [5, 5.41) is 9.13. The van der Waals surface area contributed by atoms with Gasteiger partial charge in [-0.3, -0.25) is 9.71 Å². The van der Waals surface area contributed by atoms with E-state index in [2.05, 4.69) is 35.4 Å². The first-order valence-corrected chi connectivity index (χ1v) is 14.0. The van der Waals surface area contributed by atoms with Crippen molar-refractivity contribution in [2.24, 2.45) is 10.4 Å². The highest BCUT2D eigenvalue weighted by molar-refractivity contribution is 7.92. The molecule has 0 spiro atoms. The molecule has 2 heterocycles. The van der Waals surface area contributed by atoms with E-state index in [9.17, 15) is 13.2 Å². The molecule has 1 aromatic heterocycles. The number of anilines is 2. The predicted octanol–water partition coefficient (Wildman–Crippen LogP) is 3.75. The van der Waals surface area contributed by atoms with Gasteiger partial charge in [-0.05, 0) is 25.5 Å². The lowest BCUT2D eigenvalue weighted by atomic mass is 9.95. The highest BCUT2D eigenvalue weighted by Crippen LogP contribution is 2.40. The van der Waals surface area contributed by atoms with E-state index in [1.54, 1.807) is 38.2 Å². The van der Waals surface area contributed by atoms with E-state index in [0.29, 0.717) is 30.4 Å². The number of amidine groups is 1. The van der Waals surface area contributed by atoms with Crippen LogP contribution in [-0.4, -0.2) is 55.8 Å². The topological polar surface area (TPSA) is 147 Å². The van der Waals surface area contributed by atoms with E-state index in [-0.39, 0.29) is 28.5 Å². The third kappa shape index (κ3) is 7.30. The number of hydrogen-bond donors (Lipinski definition) is 4. The zero-order chi connectivity index (χ0) is 28.1. The summed E-state index contributed by atoms with van der Waals surface area (Å²) in [4.78, 5) is 25.1. The normalized spacial score (nSPS) is 18.2. The Morgan fingerprint density at radius 2 is 2.00 bits per heavy atom. The van der Waals surface area contributed by atoms with Crippen LogP contribution in [0.2, 0.25) is 0 Å². The van der Waals surface area contributed by atoms with Gasteiger partial charge in [-0.1, -0.05) is 39.8 Å². The molecule has 3 atom stereocenters. The Labute approximate surface area is 223 Å². The van der Waals surface area contributed by atoms with Crippen LogP contribution >= 0.6 is 0 Å². The Bertz CT molecular complexity index is 1280. The number of alkyl carbamates (subject to hydrolysis) is 1.